The summed E-state index contributed by atoms with van der Waals surface area (Å²) in [4.78, 5) is 14.2. The molecular formula is C19H30N2O4S. The van der Waals surface area contributed by atoms with E-state index in [2.05, 4.69) is 5.32 Å². The highest BCUT2D eigenvalue weighted by Crippen LogP contribution is 2.22. The van der Waals surface area contributed by atoms with Crippen molar-refractivity contribution in [1.82, 2.24) is 10.2 Å². The zero-order chi connectivity index (χ0) is 19.3. The van der Waals surface area contributed by atoms with Gasteiger partial charge in [-0.2, -0.15) is 0 Å². The van der Waals surface area contributed by atoms with E-state index in [0.717, 1.165) is 29.7 Å². The maximum atomic E-state index is 12.5. The Hall–Kier alpha value is -1.76. The van der Waals surface area contributed by atoms with Gasteiger partial charge in [0.2, 0.25) is 0 Å². The Bertz CT molecular complexity index is 713. The van der Waals surface area contributed by atoms with Gasteiger partial charge in [-0.25, -0.2) is 13.2 Å². The van der Waals surface area contributed by atoms with Crippen molar-refractivity contribution in [3.8, 4) is 5.75 Å². The van der Waals surface area contributed by atoms with Crippen molar-refractivity contribution in [2.75, 3.05) is 31.7 Å². The second-order valence-electron chi connectivity index (χ2n) is 7.43. The number of likely N-dealkylation sites (tertiary alicyclic amines) is 1. The molecule has 1 heterocycles. The maximum absolute atomic E-state index is 12.5. The molecule has 0 radical (unpaired) electrons. The summed E-state index contributed by atoms with van der Waals surface area (Å²) in [5, 5.41) is 2.95. The number of benzene rings is 1. The van der Waals surface area contributed by atoms with E-state index in [1.807, 2.05) is 39.0 Å². The third-order valence-corrected chi connectivity index (χ3v) is 5.68. The first-order valence-corrected chi connectivity index (χ1v) is 11.1. The number of hydrogen-bond acceptors (Lipinski definition) is 4. The number of para-hydroxylation sites is 1. The van der Waals surface area contributed by atoms with Crippen molar-refractivity contribution in [1.29, 1.82) is 0 Å². The molecule has 1 aliphatic heterocycles. The van der Waals surface area contributed by atoms with Crippen LogP contribution in [0.2, 0.25) is 0 Å². The van der Waals surface area contributed by atoms with Gasteiger partial charge >= 0.3 is 6.03 Å². The Morgan fingerprint density at radius 1 is 1.35 bits per heavy atom. The number of carbonyl (C=O) groups excluding carboxylic acids is 1. The quantitative estimate of drug-likeness (QED) is 0.820. The van der Waals surface area contributed by atoms with E-state index < -0.39 is 9.84 Å². The van der Waals surface area contributed by atoms with Crippen LogP contribution < -0.4 is 10.1 Å². The third-order valence-electron chi connectivity index (χ3n) is 4.60. The number of aryl methyl sites for hydroxylation is 2. The number of urea groups is 1. The van der Waals surface area contributed by atoms with E-state index in [1.54, 1.807) is 4.90 Å². The van der Waals surface area contributed by atoms with E-state index in [-0.39, 0.29) is 23.7 Å². The van der Waals surface area contributed by atoms with E-state index >= 15 is 0 Å². The summed E-state index contributed by atoms with van der Waals surface area (Å²) >= 11 is 0. The molecule has 1 fully saturated rings. The highest BCUT2D eigenvalue weighted by atomic mass is 32.2. The molecule has 0 aromatic heterocycles. The van der Waals surface area contributed by atoms with Crippen LogP contribution in [0.25, 0.3) is 0 Å². The molecular weight excluding hydrogens is 352 g/mol. The van der Waals surface area contributed by atoms with Crippen LogP contribution in [0.1, 0.15) is 30.9 Å². The van der Waals surface area contributed by atoms with Crippen molar-refractivity contribution in [2.24, 2.45) is 5.92 Å². The Labute approximate surface area is 156 Å². The van der Waals surface area contributed by atoms with Crippen molar-refractivity contribution in [3.05, 3.63) is 29.3 Å². The number of nitrogens with one attached hydrogen (secondary N) is 1. The molecule has 0 spiro atoms. The van der Waals surface area contributed by atoms with Crippen LogP contribution in [0, 0.1) is 19.8 Å². The zero-order valence-electron chi connectivity index (χ0n) is 16.1. The molecule has 1 N–H and O–H groups in total. The molecule has 1 saturated heterocycles. The number of nitrogens with zero attached hydrogens (tertiary/aromatic N) is 1. The third kappa shape index (κ3) is 6.20. The minimum absolute atomic E-state index is 0.0191. The summed E-state index contributed by atoms with van der Waals surface area (Å²) in [6, 6.07) is 5.70. The Morgan fingerprint density at radius 3 is 2.62 bits per heavy atom. The monoisotopic (exact) mass is 382 g/mol. The largest absolute Gasteiger partial charge is 0.491 e. The fourth-order valence-electron chi connectivity index (χ4n) is 3.39. The summed E-state index contributed by atoms with van der Waals surface area (Å²) in [7, 11) is -3.02. The van der Waals surface area contributed by atoms with E-state index in [1.165, 1.54) is 6.26 Å². The average Bonchev–Trinajstić information content (AvgIpc) is 2.53. The van der Waals surface area contributed by atoms with Crippen LogP contribution in [0.4, 0.5) is 4.79 Å². The van der Waals surface area contributed by atoms with Gasteiger partial charge < -0.3 is 15.0 Å². The maximum Gasteiger partial charge on any atom is 0.317 e. The van der Waals surface area contributed by atoms with Crippen LogP contribution in [0.15, 0.2) is 18.2 Å². The van der Waals surface area contributed by atoms with Gasteiger partial charge in [0, 0.05) is 19.3 Å². The van der Waals surface area contributed by atoms with E-state index in [9.17, 15) is 13.2 Å². The minimum atomic E-state index is -3.02. The van der Waals surface area contributed by atoms with Crippen LogP contribution in [0.5, 0.6) is 5.75 Å². The van der Waals surface area contributed by atoms with E-state index in [4.69, 9.17) is 4.74 Å². The topological polar surface area (TPSA) is 75.7 Å². The fourth-order valence-corrected chi connectivity index (χ4v) is 4.52. The van der Waals surface area contributed by atoms with Gasteiger partial charge in [-0.05, 0) is 50.7 Å². The fraction of sp³-hybridized carbons (Fsp3) is 0.632. The summed E-state index contributed by atoms with van der Waals surface area (Å²) in [6.07, 6.45) is 2.93. The summed E-state index contributed by atoms with van der Waals surface area (Å²) in [6.45, 7) is 7.45. The predicted molar refractivity (Wildman–Crippen MR) is 103 cm³/mol. The molecule has 1 aromatic rings. The Morgan fingerprint density at radius 2 is 2.00 bits per heavy atom. The highest BCUT2D eigenvalue weighted by Gasteiger charge is 2.26. The summed E-state index contributed by atoms with van der Waals surface area (Å²) in [5.41, 5.74) is 2.14. The number of hydrogen-bond donors (Lipinski definition) is 1. The number of piperidine rings is 1. The van der Waals surface area contributed by atoms with Gasteiger partial charge in [-0.1, -0.05) is 18.2 Å². The number of ether oxygens (including phenoxy) is 1. The van der Waals surface area contributed by atoms with Gasteiger partial charge in [0.1, 0.15) is 22.2 Å². The van der Waals surface area contributed by atoms with E-state index in [0.29, 0.717) is 19.7 Å². The van der Waals surface area contributed by atoms with Gasteiger partial charge in [0.05, 0.1) is 11.8 Å². The van der Waals surface area contributed by atoms with Crippen LogP contribution >= 0.6 is 0 Å². The molecule has 7 heteroatoms. The van der Waals surface area contributed by atoms with Crippen LogP contribution in [-0.2, 0) is 9.84 Å². The van der Waals surface area contributed by atoms with Crippen molar-refractivity contribution in [3.63, 3.8) is 0 Å². The zero-order valence-corrected chi connectivity index (χ0v) is 16.9. The highest BCUT2D eigenvalue weighted by molar-refractivity contribution is 7.90. The number of amides is 2. The second-order valence-corrected chi connectivity index (χ2v) is 9.61. The molecule has 146 valence electrons. The smallest absolute Gasteiger partial charge is 0.317 e. The standard InChI is InChI=1S/C19H30N2O4S/c1-14-7-5-8-15(2)18(14)25-12-16(3)20-19(22)21-10-6-9-17(11-21)13-26(4,23)24/h5,7-8,16-17H,6,9-13H2,1-4H3,(H,20,22)/t16-,17-/m0/s1. The first kappa shape index (κ1) is 20.6. The lowest BCUT2D eigenvalue weighted by Crippen LogP contribution is -2.50. The SMILES string of the molecule is Cc1cccc(C)c1OC[C@H](C)NC(=O)N1CCC[C@H](CS(C)(=O)=O)C1. The first-order valence-electron chi connectivity index (χ1n) is 9.08. The molecule has 6 nitrogen and oxygen atoms in total. The normalized spacial score (nSPS) is 19.1. The van der Waals surface area contributed by atoms with Crippen molar-refractivity contribution < 1.29 is 17.9 Å². The minimum Gasteiger partial charge on any atom is -0.491 e. The number of rotatable bonds is 6. The molecule has 26 heavy (non-hydrogen) atoms. The first-order chi connectivity index (χ1) is 12.2. The molecule has 2 amide bonds. The number of sulfone groups is 1. The van der Waals surface area contributed by atoms with Gasteiger partial charge in [-0.3, -0.25) is 0 Å². The molecule has 2 rings (SSSR count). The molecule has 2 atom stereocenters. The van der Waals surface area contributed by atoms with Crippen LogP contribution in [0.3, 0.4) is 0 Å². The molecule has 1 aromatic carbocycles. The summed E-state index contributed by atoms with van der Waals surface area (Å²) < 4.78 is 28.9. The van der Waals surface area contributed by atoms with Gasteiger partial charge in [0.15, 0.2) is 0 Å². The lowest BCUT2D eigenvalue weighted by molar-refractivity contribution is 0.162. The summed E-state index contributed by atoms with van der Waals surface area (Å²) in [5.74, 6) is 1.02. The molecule has 0 saturated carbocycles. The average molecular weight is 383 g/mol. The molecule has 0 unspecified atom stereocenters. The Kier molecular flexibility index (Phi) is 6.92. The van der Waals surface area contributed by atoms with Crippen molar-refractivity contribution >= 4 is 15.9 Å². The van der Waals surface area contributed by atoms with Gasteiger partial charge in [0.25, 0.3) is 0 Å². The lowest BCUT2D eigenvalue weighted by atomic mass is 10.0. The van der Waals surface area contributed by atoms with Crippen LogP contribution in [-0.4, -0.2) is 57.1 Å². The van der Waals surface area contributed by atoms with Gasteiger partial charge in [-0.15, -0.1) is 0 Å². The number of carbonyl (C=O) groups is 1. The van der Waals surface area contributed by atoms with Crippen molar-refractivity contribution in [2.45, 2.75) is 39.7 Å². The lowest BCUT2D eigenvalue weighted by Gasteiger charge is -2.33. The second kappa shape index (κ2) is 8.75. The predicted octanol–water partition coefficient (Wildman–Crippen LogP) is 2.54. The molecule has 1 aliphatic rings. The Balaban J connectivity index is 1.84. The molecule has 0 bridgehead atoms. The molecule has 0 aliphatic carbocycles.